The van der Waals surface area contributed by atoms with E-state index in [9.17, 15) is 7.85 Å². The highest BCUT2D eigenvalue weighted by molar-refractivity contribution is 5.98. The molecular weight excluding hydrogens is 815 g/mol. The zero-order valence-corrected chi connectivity index (χ0v) is 42.3. The highest BCUT2D eigenvalue weighted by Crippen LogP contribution is 2.46. The average molecular weight is 892 g/mol. The zero-order chi connectivity index (χ0) is 53.7. The van der Waals surface area contributed by atoms with Gasteiger partial charge in [0.1, 0.15) is 11.6 Å². The third-order valence-electron chi connectivity index (χ3n) is 12.3. The molecule has 0 fully saturated rings. The number of rotatable bonds is 7. The van der Waals surface area contributed by atoms with Crippen molar-refractivity contribution in [3.8, 4) is 67.5 Å². The van der Waals surface area contributed by atoms with Crippen molar-refractivity contribution in [2.24, 2.45) is 5.41 Å². The molecule has 0 unspecified atom stereocenters. The molecule has 0 aliphatic heterocycles. The Hall–Kier alpha value is -6.26. The average Bonchev–Trinajstić information content (AvgIpc) is 3.65. The highest BCUT2D eigenvalue weighted by atomic mass is 16.3. The third kappa shape index (κ3) is 9.91. The van der Waals surface area contributed by atoms with Gasteiger partial charge in [-0.15, -0.1) is 0 Å². The smallest absolute Gasteiger partial charge is 0.149 e. The predicted octanol–water partition coefficient (Wildman–Crippen LogP) is 17.2. The van der Waals surface area contributed by atoms with Gasteiger partial charge < -0.3 is 5.11 Å². The molecule has 4 heteroatoms. The molecule has 6 aromatic carbocycles. The van der Waals surface area contributed by atoms with E-state index < -0.39 is 22.6 Å². The lowest BCUT2D eigenvalue weighted by atomic mass is 9.79. The summed E-state index contributed by atoms with van der Waals surface area (Å²) in [6.07, 6.45) is -0.0595. The lowest BCUT2D eigenvalue weighted by Crippen LogP contribution is -2.17. The van der Waals surface area contributed by atoms with E-state index in [0.717, 1.165) is 50.1 Å². The van der Waals surface area contributed by atoms with Gasteiger partial charge in [0.15, 0.2) is 0 Å². The number of benzene rings is 6. The van der Waals surface area contributed by atoms with Gasteiger partial charge in [-0.25, -0.2) is 4.98 Å². The molecule has 0 bridgehead atoms. The Bertz CT molecular complexity index is 3380. The molecule has 0 aliphatic rings. The summed E-state index contributed by atoms with van der Waals surface area (Å²) in [7, 11) is 0. The van der Waals surface area contributed by atoms with Crippen LogP contribution in [-0.2, 0) is 28.0 Å². The first-order chi connectivity index (χ1) is 33.7. The van der Waals surface area contributed by atoms with Crippen LogP contribution in [0, 0.1) is 5.41 Å². The van der Waals surface area contributed by atoms with Gasteiger partial charge >= 0.3 is 0 Å². The van der Waals surface area contributed by atoms with Crippen molar-refractivity contribution >= 4 is 11.0 Å². The van der Waals surface area contributed by atoms with Crippen molar-refractivity contribution in [3.05, 3.63) is 167 Å². The molecule has 67 heavy (non-hydrogen) atoms. The van der Waals surface area contributed by atoms with Gasteiger partial charge in [-0.2, -0.15) is 0 Å². The Kier molecular flexibility index (Phi) is 10.2. The maximum Gasteiger partial charge on any atom is 0.149 e. The minimum absolute atomic E-state index is 0.0610. The normalized spacial score (nSPS) is 14.3. The number of para-hydroxylation sites is 1. The van der Waals surface area contributed by atoms with Gasteiger partial charge in [-0.1, -0.05) is 189 Å². The summed E-state index contributed by atoms with van der Waals surface area (Å²) >= 11 is 0. The maximum atomic E-state index is 12.7. The molecule has 0 amide bonds. The van der Waals surface area contributed by atoms with Gasteiger partial charge in [-0.05, 0) is 126 Å². The van der Waals surface area contributed by atoms with Crippen LogP contribution in [0.2, 0.25) is 0 Å². The number of phenolic OH excluding ortho intramolecular Hbond substituents is 1. The van der Waals surface area contributed by atoms with E-state index in [-0.39, 0.29) is 46.3 Å². The van der Waals surface area contributed by atoms with E-state index in [4.69, 9.17) is 15.5 Å². The lowest BCUT2D eigenvalue weighted by Gasteiger charge is -2.28. The Balaban J connectivity index is 1.44. The molecule has 0 saturated heterocycles. The molecule has 8 rings (SSSR count). The molecule has 1 N–H and O–H groups in total. The van der Waals surface area contributed by atoms with Gasteiger partial charge in [0, 0.05) is 31.2 Å². The van der Waals surface area contributed by atoms with Crippen molar-refractivity contribution in [1.29, 1.82) is 0 Å². The van der Waals surface area contributed by atoms with Crippen molar-refractivity contribution in [2.75, 3.05) is 0 Å². The molecule has 0 radical (unpaired) electrons. The first kappa shape index (κ1) is 39.9. The molecule has 2 aromatic heterocycles. The fourth-order valence-corrected chi connectivity index (χ4v) is 8.56. The van der Waals surface area contributed by atoms with Crippen molar-refractivity contribution in [3.63, 3.8) is 0 Å². The van der Waals surface area contributed by atoms with Crippen LogP contribution in [-0.4, -0.2) is 19.6 Å². The van der Waals surface area contributed by atoms with Gasteiger partial charge in [-0.3, -0.25) is 9.55 Å². The first-order valence-corrected chi connectivity index (χ1v) is 23.6. The summed E-state index contributed by atoms with van der Waals surface area (Å²) in [6.45, 7) is 30.6. The van der Waals surface area contributed by atoms with Gasteiger partial charge in [0.05, 0.1) is 33.5 Å². The minimum atomic E-state index is -1.76. The molecule has 0 aliphatic carbocycles. The predicted molar refractivity (Wildman–Crippen MR) is 286 cm³/mol. The maximum absolute atomic E-state index is 12.7. The largest absolute Gasteiger partial charge is 0.507 e. The summed E-state index contributed by atoms with van der Waals surface area (Å²) in [4.78, 5) is 10.5. The summed E-state index contributed by atoms with van der Waals surface area (Å²) in [5.41, 5.74) is 9.71. The van der Waals surface area contributed by atoms with Crippen molar-refractivity contribution in [1.82, 2.24) is 14.5 Å². The minimum Gasteiger partial charge on any atom is -0.507 e. The fraction of sp³-hybridized carbons (Fsp3) is 0.333. The molecule has 4 nitrogen and oxygen atoms in total. The number of nitrogens with zero attached hydrogens (tertiary/aromatic N) is 3. The summed E-state index contributed by atoms with van der Waals surface area (Å²) in [5, 5.41) is 12.7. The van der Waals surface area contributed by atoms with Crippen LogP contribution in [0.4, 0.5) is 0 Å². The van der Waals surface area contributed by atoms with E-state index in [1.807, 2.05) is 98.7 Å². The number of hydrogen-bond acceptors (Lipinski definition) is 3. The standard InChI is InChI=1S/C63H71N3O/c1-59(2,3)39-40-24-26-41(27-25-40)43-30-31-64-53(35-43)45-32-44(33-47(34-45)61(7,8)9)49-22-19-23-55-56(49)65-58(51-37-48(62(10,11)12)38-52(57(51)67)63(13,14)15)66(55)54-29-28-46(60(4,5)6)36-50(54)42-20-17-16-18-21-42/h16-38,67H,39H2,1-15H3/i26D,27D,37D,38D,39D2. The van der Waals surface area contributed by atoms with Crippen LogP contribution in [0.25, 0.3) is 72.7 Å². The van der Waals surface area contributed by atoms with Gasteiger partial charge in [0.2, 0.25) is 0 Å². The molecule has 8 aromatic rings. The second kappa shape index (κ2) is 17.1. The van der Waals surface area contributed by atoms with Crippen molar-refractivity contribution < 1.29 is 13.3 Å². The molecule has 0 saturated carbocycles. The molecule has 2 heterocycles. The quantitative estimate of drug-likeness (QED) is 0.173. The van der Waals surface area contributed by atoms with Crippen LogP contribution in [0.1, 0.15) is 140 Å². The molecule has 0 spiro atoms. The van der Waals surface area contributed by atoms with E-state index in [1.165, 1.54) is 0 Å². The molecular formula is C63H71N3O. The number of hydrogen-bond donors (Lipinski definition) is 1. The number of fused-ring (bicyclic) bond motifs is 1. The fourth-order valence-electron chi connectivity index (χ4n) is 8.56. The van der Waals surface area contributed by atoms with E-state index >= 15 is 0 Å². The first-order valence-electron chi connectivity index (χ1n) is 26.6. The second-order valence-electron chi connectivity index (χ2n) is 23.3. The van der Waals surface area contributed by atoms with Crippen LogP contribution >= 0.6 is 0 Å². The van der Waals surface area contributed by atoms with Crippen LogP contribution in [0.3, 0.4) is 0 Å². The van der Waals surface area contributed by atoms with Crippen LogP contribution < -0.4 is 0 Å². The van der Waals surface area contributed by atoms with E-state index in [1.54, 1.807) is 24.4 Å². The summed E-state index contributed by atoms with van der Waals surface area (Å²) in [6, 6.07) is 36.5. The van der Waals surface area contributed by atoms with Crippen molar-refractivity contribution in [2.45, 2.75) is 132 Å². The number of aromatic hydroxyl groups is 1. The third-order valence-corrected chi connectivity index (χ3v) is 12.3. The summed E-state index contributed by atoms with van der Waals surface area (Å²) < 4.78 is 57.6. The Labute approximate surface area is 409 Å². The van der Waals surface area contributed by atoms with Gasteiger partial charge in [0.25, 0.3) is 0 Å². The zero-order valence-electron chi connectivity index (χ0n) is 48.3. The Morgan fingerprint density at radius 1 is 0.537 bits per heavy atom. The van der Waals surface area contributed by atoms with E-state index in [2.05, 4.69) is 101 Å². The summed E-state index contributed by atoms with van der Waals surface area (Å²) in [5.74, 6) is 0.264. The van der Waals surface area contributed by atoms with E-state index in [0.29, 0.717) is 44.9 Å². The molecule has 344 valence electrons. The highest BCUT2D eigenvalue weighted by Gasteiger charge is 2.30. The molecule has 0 atom stereocenters. The number of pyridine rings is 1. The Morgan fingerprint density at radius 3 is 1.82 bits per heavy atom. The monoisotopic (exact) mass is 892 g/mol. The Morgan fingerprint density at radius 2 is 1.19 bits per heavy atom. The van der Waals surface area contributed by atoms with Crippen LogP contribution in [0.15, 0.2) is 140 Å². The number of imidazole rings is 1. The van der Waals surface area contributed by atoms with Crippen LogP contribution in [0.5, 0.6) is 5.75 Å². The number of aromatic nitrogens is 3. The second-order valence-corrected chi connectivity index (χ2v) is 23.3. The lowest BCUT2D eigenvalue weighted by molar-refractivity contribution is 0.411. The topological polar surface area (TPSA) is 50.9 Å². The number of phenols is 1. The SMILES string of the molecule is [2H]c1cc(C([2H])([2H])C(C)(C)C)cc([2H])c1-c1ccnc(-c2cc(-c3cccc4c3nc(-c3c([2H])c(C(C)(C)C)c([2H])c(C(C)(C)C)c3O)n4-c3ccc(C(C)(C)C)cc3-c3ccccc3)cc(C(C)(C)C)c2)c1.